The summed E-state index contributed by atoms with van der Waals surface area (Å²) in [6.45, 7) is 0.938. The van der Waals surface area contributed by atoms with Gasteiger partial charge < -0.3 is 0 Å². The molecule has 1 aliphatic heterocycles. The number of fused-ring (bicyclic) bond motifs is 2. The molecule has 0 saturated heterocycles. The Bertz CT molecular complexity index is 1310. The van der Waals surface area contributed by atoms with Gasteiger partial charge in [-0.05, 0) is 18.9 Å². The molecule has 2 aromatic heterocycles. The summed E-state index contributed by atoms with van der Waals surface area (Å²) in [5.74, 6) is 1.55. The standard InChI is InChI=1S/C29H28N4O.W/c34-29-26-20-24(25-14-15-27(32-21-25)23-11-12-23)13-10-22(26)8-4-1-2-7-18-33-19-17-30-28(33)9-5-3-6-16-31-29;/h1,3-6,10,13-17,19-21,23H,2,7-8,11-12,18H2,(H,31,34);. The number of imidazole rings is 1. The molecule has 0 spiro atoms. The van der Waals surface area contributed by atoms with Gasteiger partial charge in [-0.25, -0.2) is 0 Å². The molecule has 176 valence electrons. The molecule has 6 heteroatoms. The van der Waals surface area contributed by atoms with Crippen molar-refractivity contribution in [1.82, 2.24) is 19.9 Å². The Morgan fingerprint density at radius 3 is 2.74 bits per heavy atom. The van der Waals surface area contributed by atoms with Crippen LogP contribution in [0.2, 0.25) is 0 Å². The van der Waals surface area contributed by atoms with Crippen LogP contribution in [0.1, 0.15) is 59.0 Å². The minimum absolute atomic E-state index is 0.103. The molecule has 1 N–H and O–H groups in total. The Kier molecular flexibility index (Phi) is 7.44. The summed E-state index contributed by atoms with van der Waals surface area (Å²) < 4.78 is 3.38. The van der Waals surface area contributed by atoms with E-state index in [1.54, 1.807) is 6.20 Å². The fraction of sp³-hybridized carbons (Fsp3) is 0.241. The van der Waals surface area contributed by atoms with E-state index < -0.39 is 0 Å². The van der Waals surface area contributed by atoms with Crippen molar-refractivity contribution in [3.05, 3.63) is 108 Å². The number of aromatic nitrogens is 3. The summed E-state index contributed by atoms with van der Waals surface area (Å²) in [4.78, 5) is 22.3. The molecule has 0 bridgehead atoms. The Hall–Kier alpha value is -3.17. The quantitative estimate of drug-likeness (QED) is 0.392. The van der Waals surface area contributed by atoms with Crippen molar-refractivity contribution in [2.75, 3.05) is 0 Å². The zero-order chi connectivity index (χ0) is 24.0. The van der Waals surface area contributed by atoms with Gasteiger partial charge in [0, 0.05) is 11.6 Å². The molecule has 1 aromatic carbocycles. The number of carbonyl (C=O) groups is 1. The number of amides is 1. The first-order chi connectivity index (χ1) is 17.2. The number of allylic oxidation sites excluding steroid dienone is 5. The van der Waals surface area contributed by atoms with Crippen molar-refractivity contribution in [1.29, 1.82) is 0 Å². The van der Waals surface area contributed by atoms with Gasteiger partial charge >= 0.3 is 182 Å². The normalized spacial score (nSPS) is 16.9. The molecule has 5 nitrogen and oxygen atoms in total. The molecule has 1 aliphatic carbocycles. The van der Waals surface area contributed by atoms with Gasteiger partial charge in [0.2, 0.25) is 0 Å². The van der Waals surface area contributed by atoms with Gasteiger partial charge in [-0.15, -0.1) is 0 Å². The van der Waals surface area contributed by atoms with E-state index in [-0.39, 0.29) is 5.91 Å². The molecule has 3 heterocycles. The van der Waals surface area contributed by atoms with Crippen LogP contribution in [0, 0.1) is 0 Å². The van der Waals surface area contributed by atoms with Gasteiger partial charge in [-0.2, -0.15) is 0 Å². The van der Waals surface area contributed by atoms with Crippen LogP contribution >= 0.6 is 0 Å². The second kappa shape index (κ2) is 11.0. The van der Waals surface area contributed by atoms with Crippen LogP contribution in [0.5, 0.6) is 0 Å². The monoisotopic (exact) mass is 632 g/mol. The van der Waals surface area contributed by atoms with Crippen LogP contribution in [-0.4, -0.2) is 24.3 Å². The first kappa shape index (κ1) is 23.6. The van der Waals surface area contributed by atoms with E-state index in [0.717, 1.165) is 48.3 Å². The predicted molar refractivity (Wildman–Crippen MR) is 136 cm³/mol. The van der Waals surface area contributed by atoms with Crippen molar-refractivity contribution >= 4 is 9.81 Å². The van der Waals surface area contributed by atoms with Crippen molar-refractivity contribution < 1.29 is 24.1 Å². The zero-order valence-corrected chi connectivity index (χ0v) is 22.5. The van der Waals surface area contributed by atoms with Crippen molar-refractivity contribution in [2.45, 2.75) is 44.6 Å². The zero-order valence-electron chi connectivity index (χ0n) is 19.6. The van der Waals surface area contributed by atoms with Gasteiger partial charge in [0.25, 0.3) is 0 Å². The molecule has 0 atom stereocenters. The molecule has 0 radical (unpaired) electrons. The van der Waals surface area contributed by atoms with Crippen LogP contribution in [0.4, 0.5) is 0 Å². The van der Waals surface area contributed by atoms with E-state index in [2.05, 4.69) is 62.3 Å². The fourth-order valence-electron chi connectivity index (χ4n) is 4.24. The third-order valence-electron chi connectivity index (χ3n) is 6.35. The molecular weight excluding hydrogens is 604 g/mol. The van der Waals surface area contributed by atoms with E-state index in [1.165, 1.54) is 41.8 Å². The first-order valence-corrected chi connectivity index (χ1v) is 13.6. The van der Waals surface area contributed by atoms with E-state index in [9.17, 15) is 4.79 Å². The van der Waals surface area contributed by atoms with Crippen LogP contribution in [0.15, 0.2) is 85.5 Å². The first-order valence-electron chi connectivity index (χ1n) is 12.1. The number of carbonyl (C=O) groups excluding carboxylic acids is 1. The third kappa shape index (κ3) is 5.91. The average Bonchev–Trinajstić information content (AvgIpc) is 3.63. The van der Waals surface area contributed by atoms with Crippen LogP contribution in [0.25, 0.3) is 11.1 Å². The third-order valence-corrected chi connectivity index (χ3v) is 7.49. The van der Waals surface area contributed by atoms with Crippen molar-refractivity contribution in [3.63, 3.8) is 0 Å². The molecule has 1 fully saturated rings. The molecule has 2 aliphatic rings. The maximum atomic E-state index is 13.1. The molecule has 3 aromatic rings. The second-order valence-electron chi connectivity index (χ2n) is 8.94. The number of hydrogen-bond donors (Lipinski definition) is 1. The summed E-state index contributed by atoms with van der Waals surface area (Å²) in [6.07, 6.45) is 23.0. The molecule has 1 saturated carbocycles. The molecule has 1 amide bonds. The van der Waals surface area contributed by atoms with Gasteiger partial charge in [-0.3, -0.25) is 4.98 Å². The summed E-state index contributed by atoms with van der Waals surface area (Å²) in [7, 11) is 0. The molecule has 35 heavy (non-hydrogen) atoms. The van der Waals surface area contributed by atoms with Gasteiger partial charge in [0.05, 0.1) is 0 Å². The van der Waals surface area contributed by atoms with E-state index in [0.29, 0.717) is 11.5 Å². The Morgan fingerprint density at radius 2 is 1.91 bits per heavy atom. The van der Waals surface area contributed by atoms with Crippen LogP contribution in [-0.2, 0) is 32.3 Å². The minimum atomic E-state index is -0.103. The summed E-state index contributed by atoms with van der Waals surface area (Å²) in [5.41, 5.74) is 4.93. The number of aryl methyl sites for hydroxylation is 1. The Morgan fingerprint density at radius 1 is 1.03 bits per heavy atom. The number of rotatable bonds is 2. The second-order valence-corrected chi connectivity index (χ2v) is 10.5. The Labute approximate surface area is 217 Å². The molecule has 5 rings (SSSR count). The van der Waals surface area contributed by atoms with Gasteiger partial charge in [0.1, 0.15) is 0 Å². The van der Waals surface area contributed by atoms with Gasteiger partial charge in [-0.1, -0.05) is 0 Å². The summed E-state index contributed by atoms with van der Waals surface area (Å²) >= 11 is 1.36. The van der Waals surface area contributed by atoms with Crippen molar-refractivity contribution in [2.24, 2.45) is 0 Å². The molecule has 0 unspecified atom stereocenters. The average molecular weight is 632 g/mol. The number of nitrogens with one attached hydrogen (secondary N) is 1. The SMILES string of the molecule is O=C1NC=CC=C[C](=[W])c2nccn2CCCC=CCc2ccc(-c3ccc(C4CC4)nc3)cc21. The molecular formula is C29H28N4OW. The number of pyridine rings is 1. The predicted octanol–water partition coefficient (Wildman–Crippen LogP) is 5.28. The van der Waals surface area contributed by atoms with Crippen LogP contribution < -0.4 is 5.32 Å². The number of benzene rings is 1. The maximum absolute atomic E-state index is 13.1. The summed E-state index contributed by atoms with van der Waals surface area (Å²) in [6, 6.07) is 10.4. The van der Waals surface area contributed by atoms with E-state index in [4.69, 9.17) is 0 Å². The number of nitrogens with zero attached hydrogens (tertiary/aromatic N) is 3. The van der Waals surface area contributed by atoms with Crippen molar-refractivity contribution in [3.8, 4) is 11.1 Å². The number of hydrogen-bond acceptors (Lipinski definition) is 3. The summed E-state index contributed by atoms with van der Waals surface area (Å²) in [5, 5.41) is 2.94. The Balaban J connectivity index is 1.39. The van der Waals surface area contributed by atoms with Gasteiger partial charge in [0.15, 0.2) is 0 Å². The van der Waals surface area contributed by atoms with E-state index in [1.807, 2.05) is 36.8 Å². The van der Waals surface area contributed by atoms with E-state index >= 15 is 0 Å². The van der Waals surface area contributed by atoms with Crippen LogP contribution in [0.3, 0.4) is 0 Å². The fourth-order valence-corrected chi connectivity index (χ4v) is 5.13. The topological polar surface area (TPSA) is 59.8 Å².